The van der Waals surface area contributed by atoms with Gasteiger partial charge in [0.1, 0.15) is 0 Å². The van der Waals surface area contributed by atoms with Gasteiger partial charge in [-0.25, -0.2) is 8.42 Å². The molecule has 0 bridgehead atoms. The van der Waals surface area contributed by atoms with E-state index in [1.807, 2.05) is 37.4 Å². The van der Waals surface area contributed by atoms with Crippen molar-refractivity contribution in [2.45, 2.75) is 24.1 Å². The van der Waals surface area contributed by atoms with Crippen LogP contribution in [0.15, 0.2) is 30.3 Å². The predicted molar refractivity (Wildman–Crippen MR) is 85.6 cm³/mol. The second-order valence-electron chi connectivity index (χ2n) is 6.19. The molecule has 2 atom stereocenters. The molecule has 0 radical (unpaired) electrons. The monoisotopic (exact) mass is 322 g/mol. The van der Waals surface area contributed by atoms with E-state index in [1.54, 1.807) is 4.90 Å². The van der Waals surface area contributed by atoms with E-state index in [2.05, 4.69) is 4.90 Å². The van der Waals surface area contributed by atoms with Gasteiger partial charge >= 0.3 is 0 Å². The molecule has 2 heterocycles. The van der Waals surface area contributed by atoms with Gasteiger partial charge < -0.3 is 9.80 Å². The Morgan fingerprint density at radius 1 is 1.09 bits per heavy atom. The Morgan fingerprint density at radius 3 is 2.50 bits per heavy atom. The van der Waals surface area contributed by atoms with E-state index in [-0.39, 0.29) is 23.0 Å². The third-order valence-electron chi connectivity index (χ3n) is 4.87. The van der Waals surface area contributed by atoms with Crippen molar-refractivity contribution in [3.8, 4) is 0 Å². The summed E-state index contributed by atoms with van der Waals surface area (Å²) in [6.45, 7) is 1.73. The van der Waals surface area contributed by atoms with Crippen LogP contribution in [-0.4, -0.2) is 67.9 Å². The summed E-state index contributed by atoms with van der Waals surface area (Å²) >= 11 is 0. The highest BCUT2D eigenvalue weighted by Gasteiger charge is 2.41. The minimum atomic E-state index is -3.03. The zero-order chi connectivity index (χ0) is 15.7. The molecule has 2 aliphatic rings. The van der Waals surface area contributed by atoms with E-state index in [4.69, 9.17) is 0 Å². The standard InChI is InChI=1S/C16H22N2O3S/c1-17-11-12-22(20,21)15-8-10-18(9-7-14(15)17)16(19)13-5-3-2-4-6-13/h2-6,14-15H,7-12H2,1H3/t14-,15+/m0/s1. The first kappa shape index (κ1) is 15.5. The first-order valence-corrected chi connectivity index (χ1v) is 9.47. The predicted octanol–water partition coefficient (Wildman–Crippen LogP) is 1.02. The van der Waals surface area contributed by atoms with Crippen LogP contribution < -0.4 is 0 Å². The van der Waals surface area contributed by atoms with E-state index in [1.165, 1.54) is 0 Å². The number of sulfone groups is 1. The van der Waals surface area contributed by atoms with Crippen LogP contribution in [0.2, 0.25) is 0 Å². The van der Waals surface area contributed by atoms with Crippen molar-refractivity contribution in [2.24, 2.45) is 0 Å². The largest absolute Gasteiger partial charge is 0.339 e. The van der Waals surface area contributed by atoms with Crippen molar-refractivity contribution >= 4 is 15.7 Å². The molecule has 0 spiro atoms. The van der Waals surface area contributed by atoms with Gasteiger partial charge in [0.15, 0.2) is 9.84 Å². The van der Waals surface area contributed by atoms with E-state index in [0.29, 0.717) is 31.6 Å². The molecule has 2 aliphatic heterocycles. The molecule has 0 unspecified atom stereocenters. The van der Waals surface area contributed by atoms with Crippen molar-refractivity contribution in [3.63, 3.8) is 0 Å². The van der Waals surface area contributed by atoms with Gasteiger partial charge in [-0.3, -0.25) is 4.79 Å². The van der Waals surface area contributed by atoms with Gasteiger partial charge in [-0.15, -0.1) is 0 Å². The normalized spacial score (nSPS) is 28.7. The number of hydrogen-bond acceptors (Lipinski definition) is 4. The summed E-state index contributed by atoms with van der Waals surface area (Å²) in [6, 6.07) is 9.24. The lowest BCUT2D eigenvalue weighted by atomic mass is 10.1. The number of amides is 1. The Hall–Kier alpha value is -1.40. The summed E-state index contributed by atoms with van der Waals surface area (Å²) in [6.07, 6.45) is 1.26. The van der Waals surface area contributed by atoms with Crippen LogP contribution in [0.4, 0.5) is 0 Å². The van der Waals surface area contributed by atoms with Gasteiger partial charge in [0, 0.05) is 31.2 Å². The quantitative estimate of drug-likeness (QED) is 0.775. The number of carbonyl (C=O) groups excluding carboxylic acids is 1. The van der Waals surface area contributed by atoms with Crippen molar-refractivity contribution in [1.29, 1.82) is 0 Å². The lowest BCUT2D eigenvalue weighted by Gasteiger charge is -2.37. The van der Waals surface area contributed by atoms with Gasteiger partial charge in [0.05, 0.1) is 11.0 Å². The minimum Gasteiger partial charge on any atom is -0.339 e. The third-order valence-corrected chi connectivity index (χ3v) is 7.10. The van der Waals surface area contributed by atoms with E-state index >= 15 is 0 Å². The molecular formula is C16H22N2O3S. The Balaban J connectivity index is 1.78. The number of carbonyl (C=O) groups is 1. The lowest BCUT2D eigenvalue weighted by Crippen LogP contribution is -2.52. The fourth-order valence-corrected chi connectivity index (χ4v) is 5.67. The van der Waals surface area contributed by atoms with Crippen LogP contribution in [0.25, 0.3) is 0 Å². The molecule has 0 saturated carbocycles. The molecular weight excluding hydrogens is 300 g/mol. The van der Waals surface area contributed by atoms with Crippen LogP contribution in [0.5, 0.6) is 0 Å². The Kier molecular flexibility index (Phi) is 4.23. The Labute approximate surface area is 131 Å². The fraction of sp³-hybridized carbons (Fsp3) is 0.562. The summed E-state index contributed by atoms with van der Waals surface area (Å²) < 4.78 is 24.7. The second-order valence-corrected chi connectivity index (χ2v) is 8.53. The number of likely N-dealkylation sites (tertiary alicyclic amines) is 1. The molecule has 0 aliphatic carbocycles. The summed E-state index contributed by atoms with van der Waals surface area (Å²) in [5.41, 5.74) is 0.670. The van der Waals surface area contributed by atoms with Crippen molar-refractivity contribution < 1.29 is 13.2 Å². The zero-order valence-electron chi connectivity index (χ0n) is 12.8. The molecule has 1 aromatic rings. The highest BCUT2D eigenvalue weighted by Crippen LogP contribution is 2.27. The molecule has 120 valence electrons. The number of nitrogens with zero attached hydrogens (tertiary/aromatic N) is 2. The smallest absolute Gasteiger partial charge is 0.253 e. The van der Waals surface area contributed by atoms with Crippen molar-refractivity contribution in [1.82, 2.24) is 9.80 Å². The molecule has 3 rings (SSSR count). The zero-order valence-corrected chi connectivity index (χ0v) is 13.6. The number of benzene rings is 1. The van der Waals surface area contributed by atoms with Gasteiger partial charge in [0.25, 0.3) is 5.91 Å². The first-order chi connectivity index (χ1) is 10.5. The van der Waals surface area contributed by atoms with Crippen LogP contribution in [0.1, 0.15) is 23.2 Å². The fourth-order valence-electron chi connectivity index (χ4n) is 3.54. The maximum Gasteiger partial charge on any atom is 0.253 e. The van der Waals surface area contributed by atoms with Gasteiger partial charge in [-0.05, 0) is 32.0 Å². The average Bonchev–Trinajstić information content (AvgIpc) is 2.76. The summed E-state index contributed by atoms with van der Waals surface area (Å²) in [5.74, 6) is 0.233. The van der Waals surface area contributed by atoms with E-state index in [9.17, 15) is 13.2 Å². The maximum atomic E-state index is 12.6. The van der Waals surface area contributed by atoms with Gasteiger partial charge in [-0.2, -0.15) is 0 Å². The Morgan fingerprint density at radius 2 is 1.77 bits per heavy atom. The third kappa shape index (κ3) is 2.90. The molecule has 0 aromatic heterocycles. The van der Waals surface area contributed by atoms with Crippen LogP contribution >= 0.6 is 0 Å². The summed E-state index contributed by atoms with van der Waals surface area (Å²) in [4.78, 5) is 16.5. The second kappa shape index (κ2) is 6.01. The molecule has 22 heavy (non-hydrogen) atoms. The average molecular weight is 322 g/mol. The van der Waals surface area contributed by atoms with E-state index < -0.39 is 9.84 Å². The van der Waals surface area contributed by atoms with Gasteiger partial charge in [-0.1, -0.05) is 18.2 Å². The van der Waals surface area contributed by atoms with Crippen molar-refractivity contribution in [3.05, 3.63) is 35.9 Å². The topological polar surface area (TPSA) is 57.7 Å². The SMILES string of the molecule is CN1CCS(=O)(=O)[C@@H]2CCN(C(=O)c3ccccc3)CC[C@@H]21. The number of fused-ring (bicyclic) bond motifs is 1. The molecule has 5 nitrogen and oxygen atoms in total. The molecule has 2 saturated heterocycles. The minimum absolute atomic E-state index is 0.000650. The maximum absolute atomic E-state index is 12.6. The van der Waals surface area contributed by atoms with Gasteiger partial charge in [0.2, 0.25) is 0 Å². The van der Waals surface area contributed by atoms with E-state index in [0.717, 1.165) is 6.42 Å². The lowest BCUT2D eigenvalue weighted by molar-refractivity contribution is 0.0758. The van der Waals surface area contributed by atoms with Crippen LogP contribution in [-0.2, 0) is 9.84 Å². The molecule has 0 N–H and O–H groups in total. The molecule has 6 heteroatoms. The molecule has 2 fully saturated rings. The molecule has 1 amide bonds. The number of rotatable bonds is 1. The Bertz CT molecular complexity index is 645. The highest BCUT2D eigenvalue weighted by molar-refractivity contribution is 7.92. The first-order valence-electron chi connectivity index (χ1n) is 7.75. The van der Waals surface area contributed by atoms with Crippen LogP contribution in [0.3, 0.4) is 0 Å². The molecule has 1 aromatic carbocycles. The summed E-state index contributed by atoms with van der Waals surface area (Å²) in [7, 11) is -1.05. The van der Waals surface area contributed by atoms with Crippen molar-refractivity contribution in [2.75, 3.05) is 32.4 Å². The van der Waals surface area contributed by atoms with Crippen LogP contribution in [0, 0.1) is 0 Å². The highest BCUT2D eigenvalue weighted by atomic mass is 32.2. The number of hydrogen-bond donors (Lipinski definition) is 0. The summed E-state index contributed by atoms with van der Waals surface area (Å²) in [5, 5.41) is -0.333.